The Morgan fingerprint density at radius 3 is 2.73 bits per heavy atom. The molecule has 1 aliphatic carbocycles. The predicted octanol–water partition coefficient (Wildman–Crippen LogP) is 1.20. The number of rotatable bonds is 2. The number of ketones is 1. The van der Waals surface area contributed by atoms with Crippen molar-refractivity contribution in [2.75, 3.05) is 13.1 Å². The molecule has 1 saturated carbocycles. The van der Waals surface area contributed by atoms with Gasteiger partial charge in [-0.3, -0.25) is 9.69 Å². The highest BCUT2D eigenvalue weighted by molar-refractivity contribution is 5.79. The van der Waals surface area contributed by atoms with Crippen molar-refractivity contribution in [3.63, 3.8) is 0 Å². The first-order chi connectivity index (χ1) is 7.02. The fourth-order valence-electron chi connectivity index (χ4n) is 3.01. The Labute approximate surface area is 91.5 Å². The number of hydrogen-bond acceptors (Lipinski definition) is 3. The summed E-state index contributed by atoms with van der Waals surface area (Å²) in [6.07, 6.45) is 3.66. The highest BCUT2D eigenvalue weighted by atomic mass is 16.3. The summed E-state index contributed by atoms with van der Waals surface area (Å²) in [4.78, 5) is 13.7. The van der Waals surface area contributed by atoms with Crippen LogP contribution in [0.1, 0.15) is 39.5 Å². The minimum Gasteiger partial charge on any atom is -0.388 e. The summed E-state index contributed by atoms with van der Waals surface area (Å²) in [5, 5.41) is 9.71. The molecule has 0 aromatic carbocycles. The molecule has 15 heavy (non-hydrogen) atoms. The van der Waals surface area contributed by atoms with Crippen molar-refractivity contribution in [2.24, 2.45) is 5.92 Å². The van der Waals surface area contributed by atoms with Crippen LogP contribution in [0, 0.1) is 5.92 Å². The Kier molecular flexibility index (Phi) is 2.86. The highest BCUT2D eigenvalue weighted by Crippen LogP contribution is 2.34. The van der Waals surface area contributed by atoms with Crippen molar-refractivity contribution in [1.82, 2.24) is 4.90 Å². The molecule has 2 unspecified atom stereocenters. The van der Waals surface area contributed by atoms with Gasteiger partial charge >= 0.3 is 0 Å². The second kappa shape index (κ2) is 3.87. The molecule has 1 N–H and O–H groups in total. The van der Waals surface area contributed by atoms with E-state index in [9.17, 15) is 9.90 Å². The third-order valence-corrected chi connectivity index (χ3v) is 3.86. The molecule has 2 rings (SSSR count). The number of aliphatic hydroxyl groups is 1. The fraction of sp³-hybridized carbons (Fsp3) is 0.917. The van der Waals surface area contributed by atoms with Gasteiger partial charge in [0.05, 0.1) is 5.60 Å². The van der Waals surface area contributed by atoms with Gasteiger partial charge in [-0.1, -0.05) is 13.3 Å². The maximum Gasteiger partial charge on any atom is 0.134 e. The quantitative estimate of drug-likeness (QED) is 0.746. The van der Waals surface area contributed by atoms with E-state index in [0.717, 1.165) is 32.4 Å². The first-order valence-electron chi connectivity index (χ1n) is 6.00. The third kappa shape index (κ3) is 2.23. The van der Waals surface area contributed by atoms with Crippen LogP contribution < -0.4 is 0 Å². The summed E-state index contributed by atoms with van der Waals surface area (Å²) in [5.41, 5.74) is -0.515. The third-order valence-electron chi connectivity index (χ3n) is 3.86. The van der Waals surface area contributed by atoms with Crippen LogP contribution >= 0.6 is 0 Å². The second-order valence-corrected chi connectivity index (χ2v) is 5.42. The van der Waals surface area contributed by atoms with Gasteiger partial charge in [-0.2, -0.15) is 0 Å². The Hall–Kier alpha value is -0.410. The molecule has 2 atom stereocenters. The van der Waals surface area contributed by atoms with Gasteiger partial charge in [0.15, 0.2) is 0 Å². The van der Waals surface area contributed by atoms with E-state index in [1.165, 1.54) is 0 Å². The van der Waals surface area contributed by atoms with Crippen molar-refractivity contribution in [3.8, 4) is 0 Å². The fourth-order valence-corrected chi connectivity index (χ4v) is 3.01. The number of Topliss-reactive ketones (excluding diaryl/α,β-unsaturated/α-hetero) is 1. The van der Waals surface area contributed by atoms with Crippen LogP contribution in [0.4, 0.5) is 0 Å². The van der Waals surface area contributed by atoms with E-state index in [1.54, 1.807) is 0 Å². The van der Waals surface area contributed by atoms with E-state index >= 15 is 0 Å². The molecule has 0 spiro atoms. The number of hydrogen-bond donors (Lipinski definition) is 1. The molecule has 86 valence electrons. The first-order valence-corrected chi connectivity index (χ1v) is 6.00. The minimum atomic E-state index is -0.515. The van der Waals surface area contributed by atoms with Crippen LogP contribution in [0.3, 0.4) is 0 Å². The van der Waals surface area contributed by atoms with Crippen LogP contribution in [0.25, 0.3) is 0 Å². The Balaban J connectivity index is 1.96. The Bertz CT molecular complexity index is 254. The zero-order valence-corrected chi connectivity index (χ0v) is 9.70. The maximum absolute atomic E-state index is 11.5. The van der Waals surface area contributed by atoms with Gasteiger partial charge in [0.2, 0.25) is 0 Å². The molecule has 3 nitrogen and oxygen atoms in total. The normalized spacial score (nSPS) is 36.3. The minimum absolute atomic E-state index is 0.399. The van der Waals surface area contributed by atoms with Gasteiger partial charge in [0.25, 0.3) is 0 Å². The molecule has 0 radical (unpaired) electrons. The van der Waals surface area contributed by atoms with Crippen LogP contribution in [0.5, 0.6) is 0 Å². The SMILES string of the molecule is CCC1CCC(=O)CC1N1CC(C)(O)C1. The maximum atomic E-state index is 11.5. The summed E-state index contributed by atoms with van der Waals surface area (Å²) >= 11 is 0. The molecular formula is C12H21NO2. The van der Waals surface area contributed by atoms with Crippen LogP contribution in [-0.2, 0) is 4.79 Å². The number of β-amino-alcohol motifs (C(OH)–C–C–N with tert-alkyl or cyclic N) is 1. The largest absolute Gasteiger partial charge is 0.388 e. The Morgan fingerprint density at radius 1 is 1.53 bits per heavy atom. The first kappa shape index (κ1) is 11.1. The van der Waals surface area contributed by atoms with Crippen molar-refractivity contribution in [3.05, 3.63) is 0 Å². The van der Waals surface area contributed by atoms with E-state index in [4.69, 9.17) is 0 Å². The molecule has 0 bridgehead atoms. The van der Waals surface area contributed by atoms with Gasteiger partial charge in [-0.05, 0) is 19.3 Å². The standard InChI is InChI=1S/C12H21NO2/c1-3-9-4-5-10(14)6-11(9)13-7-12(2,15)8-13/h9,11,15H,3-8H2,1-2H3. The lowest BCUT2D eigenvalue weighted by atomic mass is 9.78. The number of nitrogens with zero attached hydrogens (tertiary/aromatic N) is 1. The van der Waals surface area contributed by atoms with Crippen LogP contribution in [0.15, 0.2) is 0 Å². The molecule has 1 saturated heterocycles. The van der Waals surface area contributed by atoms with Crippen molar-refractivity contribution in [1.29, 1.82) is 0 Å². The van der Waals surface area contributed by atoms with Crippen molar-refractivity contribution in [2.45, 2.75) is 51.2 Å². The molecule has 1 heterocycles. The summed E-state index contributed by atoms with van der Waals surface area (Å²) in [5.74, 6) is 1.05. The summed E-state index contributed by atoms with van der Waals surface area (Å²) in [7, 11) is 0. The highest BCUT2D eigenvalue weighted by Gasteiger charge is 2.43. The lowest BCUT2D eigenvalue weighted by Crippen LogP contribution is -2.65. The second-order valence-electron chi connectivity index (χ2n) is 5.42. The average Bonchev–Trinajstić information content (AvgIpc) is 2.14. The topological polar surface area (TPSA) is 40.5 Å². The van der Waals surface area contributed by atoms with E-state index < -0.39 is 5.60 Å². The van der Waals surface area contributed by atoms with Gasteiger partial charge in [-0.15, -0.1) is 0 Å². The average molecular weight is 211 g/mol. The smallest absolute Gasteiger partial charge is 0.134 e. The lowest BCUT2D eigenvalue weighted by molar-refractivity contribution is -0.136. The number of carbonyl (C=O) groups excluding carboxylic acids is 1. The molecule has 3 heteroatoms. The van der Waals surface area contributed by atoms with Crippen molar-refractivity contribution >= 4 is 5.78 Å². The number of carbonyl (C=O) groups is 1. The van der Waals surface area contributed by atoms with Gasteiger partial charge < -0.3 is 5.11 Å². The Morgan fingerprint density at radius 2 is 2.20 bits per heavy atom. The van der Waals surface area contributed by atoms with Crippen LogP contribution in [0.2, 0.25) is 0 Å². The lowest BCUT2D eigenvalue weighted by Gasteiger charge is -2.51. The molecule has 0 aromatic heterocycles. The van der Waals surface area contributed by atoms with Gasteiger partial charge in [0.1, 0.15) is 5.78 Å². The monoisotopic (exact) mass is 211 g/mol. The molecule has 0 aromatic rings. The molecular weight excluding hydrogens is 190 g/mol. The zero-order valence-electron chi connectivity index (χ0n) is 9.70. The molecule has 2 aliphatic rings. The van der Waals surface area contributed by atoms with Crippen molar-refractivity contribution < 1.29 is 9.90 Å². The predicted molar refractivity (Wildman–Crippen MR) is 58.6 cm³/mol. The molecule has 0 amide bonds. The van der Waals surface area contributed by atoms with Gasteiger partial charge in [-0.25, -0.2) is 0 Å². The number of likely N-dealkylation sites (tertiary alicyclic amines) is 1. The van der Waals surface area contributed by atoms with E-state index in [-0.39, 0.29) is 0 Å². The molecule has 1 aliphatic heterocycles. The summed E-state index contributed by atoms with van der Waals surface area (Å²) < 4.78 is 0. The van der Waals surface area contributed by atoms with Gasteiger partial charge in [0, 0.05) is 32.0 Å². The summed E-state index contributed by atoms with van der Waals surface area (Å²) in [6, 6.07) is 0.400. The van der Waals surface area contributed by atoms with Crippen LogP contribution in [-0.4, -0.2) is 40.5 Å². The van der Waals surface area contributed by atoms with E-state index in [1.807, 2.05) is 6.92 Å². The van der Waals surface area contributed by atoms with E-state index in [0.29, 0.717) is 24.2 Å². The summed E-state index contributed by atoms with van der Waals surface area (Å²) in [6.45, 7) is 5.55. The molecule has 2 fully saturated rings. The van der Waals surface area contributed by atoms with E-state index in [2.05, 4.69) is 11.8 Å². The zero-order chi connectivity index (χ0) is 11.1.